The summed E-state index contributed by atoms with van der Waals surface area (Å²) in [4.78, 5) is 11.4. The molecule has 0 aliphatic heterocycles. The third-order valence-corrected chi connectivity index (χ3v) is 3.03. The average molecular weight is 214 g/mol. The molecule has 4 nitrogen and oxygen atoms in total. The van der Waals surface area contributed by atoms with Gasteiger partial charge in [0.15, 0.2) is 0 Å². The van der Waals surface area contributed by atoms with E-state index < -0.39 is 6.10 Å². The van der Waals surface area contributed by atoms with E-state index in [0.717, 1.165) is 0 Å². The lowest BCUT2D eigenvalue weighted by molar-refractivity contribution is -0.129. The van der Waals surface area contributed by atoms with Crippen LogP contribution in [-0.4, -0.2) is 30.2 Å². The number of carbonyl (C=O) groups is 1. The van der Waals surface area contributed by atoms with E-state index >= 15 is 0 Å². The van der Waals surface area contributed by atoms with E-state index in [2.05, 4.69) is 5.32 Å². The maximum atomic E-state index is 11.4. The molecule has 0 heterocycles. The molecule has 0 aromatic carbocycles. The van der Waals surface area contributed by atoms with Gasteiger partial charge < -0.3 is 16.2 Å². The summed E-state index contributed by atoms with van der Waals surface area (Å²) in [5, 5.41) is 12.1. The van der Waals surface area contributed by atoms with Gasteiger partial charge in [-0.15, -0.1) is 0 Å². The molecule has 1 rings (SSSR count). The lowest BCUT2D eigenvalue weighted by atomic mass is 9.89. The minimum absolute atomic E-state index is 0.272. The van der Waals surface area contributed by atoms with Gasteiger partial charge in [0.2, 0.25) is 5.91 Å². The highest BCUT2D eigenvalue weighted by Crippen LogP contribution is 2.22. The van der Waals surface area contributed by atoms with Crippen LogP contribution in [-0.2, 0) is 4.79 Å². The SMILES string of the molecule is NCCC(O)C(=O)NCC1CCCCC1. The molecule has 88 valence electrons. The minimum atomic E-state index is -0.932. The molecule has 0 aromatic rings. The molecule has 4 N–H and O–H groups in total. The van der Waals surface area contributed by atoms with Crippen molar-refractivity contribution in [3.05, 3.63) is 0 Å². The molecule has 0 saturated heterocycles. The molecular formula is C11H22N2O2. The van der Waals surface area contributed by atoms with E-state index in [9.17, 15) is 9.90 Å². The first-order valence-corrected chi connectivity index (χ1v) is 5.90. The Bertz CT molecular complexity index is 191. The van der Waals surface area contributed by atoms with Gasteiger partial charge in [-0.3, -0.25) is 4.79 Å². The average Bonchev–Trinajstić information content (AvgIpc) is 2.27. The maximum Gasteiger partial charge on any atom is 0.248 e. The Kier molecular flexibility index (Phi) is 5.65. The first kappa shape index (κ1) is 12.5. The molecule has 1 amide bonds. The predicted octanol–water partition coefficient (Wildman–Crippen LogP) is 0.393. The molecule has 0 spiro atoms. The number of hydrogen-bond acceptors (Lipinski definition) is 3. The van der Waals surface area contributed by atoms with Crippen molar-refractivity contribution in [2.45, 2.75) is 44.6 Å². The molecule has 4 heteroatoms. The molecule has 1 aliphatic rings. The molecule has 0 radical (unpaired) electrons. The quantitative estimate of drug-likeness (QED) is 0.620. The Hall–Kier alpha value is -0.610. The van der Waals surface area contributed by atoms with Crippen LogP contribution in [0, 0.1) is 5.92 Å². The number of amides is 1. The summed E-state index contributed by atoms with van der Waals surface area (Å²) in [5.74, 6) is 0.332. The molecule has 1 saturated carbocycles. The fraction of sp³-hybridized carbons (Fsp3) is 0.909. The van der Waals surface area contributed by atoms with Crippen LogP contribution in [0.5, 0.6) is 0 Å². The van der Waals surface area contributed by atoms with Gasteiger partial charge in [-0.25, -0.2) is 0 Å². The van der Waals surface area contributed by atoms with Crippen LogP contribution in [0.3, 0.4) is 0 Å². The Balaban J connectivity index is 2.14. The maximum absolute atomic E-state index is 11.4. The summed E-state index contributed by atoms with van der Waals surface area (Å²) in [7, 11) is 0. The smallest absolute Gasteiger partial charge is 0.248 e. The third-order valence-electron chi connectivity index (χ3n) is 3.03. The van der Waals surface area contributed by atoms with E-state index in [-0.39, 0.29) is 5.91 Å². The molecule has 1 aliphatic carbocycles. The van der Waals surface area contributed by atoms with Crippen molar-refractivity contribution in [1.82, 2.24) is 5.32 Å². The standard InChI is InChI=1S/C11H22N2O2/c12-7-6-10(14)11(15)13-8-9-4-2-1-3-5-9/h9-10,14H,1-8,12H2,(H,13,15). The number of aliphatic hydroxyl groups excluding tert-OH is 1. The van der Waals surface area contributed by atoms with E-state index in [4.69, 9.17) is 5.73 Å². The second-order valence-electron chi connectivity index (χ2n) is 4.34. The first-order valence-electron chi connectivity index (χ1n) is 5.90. The van der Waals surface area contributed by atoms with E-state index in [0.29, 0.717) is 25.4 Å². The van der Waals surface area contributed by atoms with Gasteiger partial charge >= 0.3 is 0 Å². The van der Waals surface area contributed by atoms with E-state index in [1.165, 1.54) is 32.1 Å². The Morgan fingerprint density at radius 1 is 1.40 bits per heavy atom. The first-order chi connectivity index (χ1) is 7.24. The van der Waals surface area contributed by atoms with Crippen LogP contribution in [0.1, 0.15) is 38.5 Å². The molecule has 1 fully saturated rings. The number of nitrogens with two attached hydrogens (primary N) is 1. The number of nitrogens with one attached hydrogen (secondary N) is 1. The van der Waals surface area contributed by atoms with Gasteiger partial charge in [0.1, 0.15) is 6.10 Å². The van der Waals surface area contributed by atoms with Gasteiger partial charge in [0.25, 0.3) is 0 Å². The van der Waals surface area contributed by atoms with Crippen LogP contribution in [0.15, 0.2) is 0 Å². The Morgan fingerprint density at radius 3 is 2.67 bits per heavy atom. The Labute approximate surface area is 91.2 Å². The molecule has 0 aromatic heterocycles. The van der Waals surface area contributed by atoms with Gasteiger partial charge in [-0.05, 0) is 31.7 Å². The van der Waals surface area contributed by atoms with Crippen molar-refractivity contribution in [2.75, 3.05) is 13.1 Å². The van der Waals surface area contributed by atoms with Crippen molar-refractivity contribution >= 4 is 5.91 Å². The predicted molar refractivity (Wildman–Crippen MR) is 59.3 cm³/mol. The summed E-state index contributed by atoms with van der Waals surface area (Å²) in [6.45, 7) is 1.05. The summed E-state index contributed by atoms with van der Waals surface area (Å²) in [6.07, 6.45) is 5.67. The number of aliphatic hydroxyl groups is 1. The monoisotopic (exact) mass is 214 g/mol. The minimum Gasteiger partial charge on any atom is -0.383 e. The van der Waals surface area contributed by atoms with Crippen molar-refractivity contribution < 1.29 is 9.90 Å². The molecular weight excluding hydrogens is 192 g/mol. The summed E-state index contributed by atoms with van der Waals surface area (Å²) < 4.78 is 0. The van der Waals surface area contributed by atoms with Crippen LogP contribution in [0.25, 0.3) is 0 Å². The molecule has 15 heavy (non-hydrogen) atoms. The van der Waals surface area contributed by atoms with Gasteiger partial charge in [0.05, 0.1) is 0 Å². The third kappa shape index (κ3) is 4.62. The molecule has 1 unspecified atom stereocenters. The highest BCUT2D eigenvalue weighted by molar-refractivity contribution is 5.80. The number of carbonyl (C=O) groups excluding carboxylic acids is 1. The summed E-state index contributed by atoms with van der Waals surface area (Å²) in [5.41, 5.74) is 5.27. The normalized spacial score (nSPS) is 19.9. The molecule has 1 atom stereocenters. The zero-order chi connectivity index (χ0) is 11.1. The van der Waals surface area contributed by atoms with Crippen LogP contribution >= 0.6 is 0 Å². The highest BCUT2D eigenvalue weighted by Gasteiger charge is 2.17. The van der Waals surface area contributed by atoms with Gasteiger partial charge in [-0.1, -0.05) is 19.3 Å². The zero-order valence-electron chi connectivity index (χ0n) is 9.24. The van der Waals surface area contributed by atoms with E-state index in [1.54, 1.807) is 0 Å². The largest absolute Gasteiger partial charge is 0.383 e. The molecule has 0 bridgehead atoms. The lowest BCUT2D eigenvalue weighted by Gasteiger charge is -2.22. The number of rotatable bonds is 5. The lowest BCUT2D eigenvalue weighted by Crippen LogP contribution is -2.38. The Morgan fingerprint density at radius 2 is 2.07 bits per heavy atom. The van der Waals surface area contributed by atoms with Crippen molar-refractivity contribution in [1.29, 1.82) is 0 Å². The van der Waals surface area contributed by atoms with E-state index in [1.807, 2.05) is 0 Å². The van der Waals surface area contributed by atoms with Crippen molar-refractivity contribution in [3.63, 3.8) is 0 Å². The zero-order valence-corrected chi connectivity index (χ0v) is 9.24. The number of hydrogen-bond donors (Lipinski definition) is 3. The van der Waals surface area contributed by atoms with Crippen molar-refractivity contribution in [3.8, 4) is 0 Å². The van der Waals surface area contributed by atoms with Crippen molar-refractivity contribution in [2.24, 2.45) is 11.7 Å². The fourth-order valence-electron chi connectivity index (χ4n) is 2.04. The summed E-state index contributed by atoms with van der Waals surface area (Å²) >= 11 is 0. The van der Waals surface area contributed by atoms with Crippen LogP contribution < -0.4 is 11.1 Å². The topological polar surface area (TPSA) is 75.3 Å². The van der Waals surface area contributed by atoms with Gasteiger partial charge in [-0.2, -0.15) is 0 Å². The summed E-state index contributed by atoms with van der Waals surface area (Å²) in [6, 6.07) is 0. The van der Waals surface area contributed by atoms with Gasteiger partial charge in [0, 0.05) is 6.54 Å². The van der Waals surface area contributed by atoms with Crippen LogP contribution in [0.4, 0.5) is 0 Å². The highest BCUT2D eigenvalue weighted by atomic mass is 16.3. The second kappa shape index (κ2) is 6.80. The second-order valence-corrected chi connectivity index (χ2v) is 4.34. The fourth-order valence-corrected chi connectivity index (χ4v) is 2.04. The van der Waals surface area contributed by atoms with Crippen LogP contribution in [0.2, 0.25) is 0 Å².